The molecule has 2 N–H and O–H groups in total. The number of thiazole rings is 1. The fourth-order valence-corrected chi connectivity index (χ4v) is 3.49. The van der Waals surface area contributed by atoms with Gasteiger partial charge in [-0.15, -0.1) is 11.3 Å². The monoisotopic (exact) mass is 355 g/mol. The third kappa shape index (κ3) is 2.44. The summed E-state index contributed by atoms with van der Waals surface area (Å²) in [5, 5.41) is 0.522. The highest BCUT2D eigenvalue weighted by atomic mass is 35.5. The molecule has 0 spiro atoms. The molecule has 0 aliphatic heterocycles. The standard InChI is InChI=1S/C16H10ClN5OS/c17-10-5-9(6-11-15(10)20-8-24-11)14-16(21-12(18)7-19-14)22-4-2-1-3-13(22)23/h1-8H,(H2,18,21). The van der Waals surface area contributed by atoms with Gasteiger partial charge in [-0.05, 0) is 18.2 Å². The van der Waals surface area contributed by atoms with Crippen LogP contribution in [0.1, 0.15) is 0 Å². The fourth-order valence-electron chi connectivity index (χ4n) is 2.43. The van der Waals surface area contributed by atoms with Crippen molar-refractivity contribution in [2.75, 3.05) is 5.73 Å². The van der Waals surface area contributed by atoms with Crippen molar-refractivity contribution >= 4 is 39.0 Å². The molecule has 0 saturated heterocycles. The van der Waals surface area contributed by atoms with Crippen LogP contribution in [0.15, 0.2) is 53.0 Å². The Balaban J connectivity index is 2.01. The normalized spacial score (nSPS) is 11.0. The first-order valence-electron chi connectivity index (χ1n) is 6.97. The lowest BCUT2D eigenvalue weighted by molar-refractivity contribution is 0.933. The number of pyridine rings is 1. The number of hydrogen-bond acceptors (Lipinski definition) is 6. The van der Waals surface area contributed by atoms with Crippen molar-refractivity contribution < 1.29 is 0 Å². The zero-order valence-corrected chi connectivity index (χ0v) is 13.8. The largest absolute Gasteiger partial charge is 0.382 e. The van der Waals surface area contributed by atoms with E-state index in [2.05, 4.69) is 15.0 Å². The van der Waals surface area contributed by atoms with Crippen LogP contribution in [-0.4, -0.2) is 19.5 Å². The summed E-state index contributed by atoms with van der Waals surface area (Å²) in [6, 6.07) is 8.56. The molecule has 8 heteroatoms. The van der Waals surface area contributed by atoms with Gasteiger partial charge in [0.2, 0.25) is 0 Å². The molecule has 24 heavy (non-hydrogen) atoms. The van der Waals surface area contributed by atoms with E-state index in [0.717, 1.165) is 15.8 Å². The number of anilines is 1. The summed E-state index contributed by atoms with van der Waals surface area (Å²) in [6.45, 7) is 0. The van der Waals surface area contributed by atoms with Crippen molar-refractivity contribution in [2.24, 2.45) is 0 Å². The van der Waals surface area contributed by atoms with Gasteiger partial charge in [-0.2, -0.15) is 0 Å². The van der Waals surface area contributed by atoms with Crippen molar-refractivity contribution in [2.45, 2.75) is 0 Å². The van der Waals surface area contributed by atoms with Gasteiger partial charge in [0.15, 0.2) is 5.82 Å². The van der Waals surface area contributed by atoms with Crippen LogP contribution in [0.25, 0.3) is 27.3 Å². The van der Waals surface area contributed by atoms with Gasteiger partial charge in [0.25, 0.3) is 5.56 Å². The maximum atomic E-state index is 12.2. The first-order valence-corrected chi connectivity index (χ1v) is 8.23. The summed E-state index contributed by atoms with van der Waals surface area (Å²) < 4.78 is 2.34. The number of nitrogens with two attached hydrogens (primary N) is 1. The predicted octanol–water partition coefficient (Wildman–Crippen LogP) is 3.14. The molecule has 0 aliphatic rings. The van der Waals surface area contributed by atoms with E-state index in [4.69, 9.17) is 17.3 Å². The first kappa shape index (κ1) is 14.8. The van der Waals surface area contributed by atoms with Crippen molar-refractivity contribution in [1.82, 2.24) is 19.5 Å². The molecule has 0 saturated carbocycles. The summed E-state index contributed by atoms with van der Waals surface area (Å²) in [6.07, 6.45) is 3.08. The number of rotatable bonds is 2. The molecule has 1 aromatic carbocycles. The van der Waals surface area contributed by atoms with Gasteiger partial charge in [0.1, 0.15) is 11.5 Å². The van der Waals surface area contributed by atoms with E-state index in [0.29, 0.717) is 16.5 Å². The van der Waals surface area contributed by atoms with E-state index in [1.807, 2.05) is 6.07 Å². The number of nitrogens with zero attached hydrogens (tertiary/aromatic N) is 4. The Morgan fingerprint density at radius 2 is 2.08 bits per heavy atom. The lowest BCUT2D eigenvalue weighted by Gasteiger charge is -2.11. The quantitative estimate of drug-likeness (QED) is 0.597. The smallest absolute Gasteiger partial charge is 0.256 e. The van der Waals surface area contributed by atoms with Gasteiger partial charge < -0.3 is 5.73 Å². The number of halogens is 1. The second kappa shape index (κ2) is 5.70. The van der Waals surface area contributed by atoms with Crippen LogP contribution in [0.5, 0.6) is 0 Å². The van der Waals surface area contributed by atoms with Crippen molar-refractivity contribution in [3.8, 4) is 17.1 Å². The minimum atomic E-state index is -0.219. The van der Waals surface area contributed by atoms with Crippen molar-refractivity contribution in [3.63, 3.8) is 0 Å². The van der Waals surface area contributed by atoms with Crippen LogP contribution in [-0.2, 0) is 0 Å². The highest BCUT2D eigenvalue weighted by molar-refractivity contribution is 7.16. The zero-order valence-electron chi connectivity index (χ0n) is 12.2. The van der Waals surface area contributed by atoms with E-state index in [1.165, 1.54) is 28.2 Å². The van der Waals surface area contributed by atoms with E-state index in [1.54, 1.807) is 29.9 Å². The van der Waals surface area contributed by atoms with Crippen LogP contribution >= 0.6 is 22.9 Å². The molecule has 0 atom stereocenters. The number of hydrogen-bond donors (Lipinski definition) is 1. The predicted molar refractivity (Wildman–Crippen MR) is 95.7 cm³/mol. The van der Waals surface area contributed by atoms with Gasteiger partial charge in [-0.1, -0.05) is 17.7 Å². The van der Waals surface area contributed by atoms with Crippen LogP contribution in [0.3, 0.4) is 0 Å². The average molecular weight is 356 g/mol. The molecule has 3 heterocycles. The maximum Gasteiger partial charge on any atom is 0.256 e. The molecule has 0 radical (unpaired) electrons. The topological polar surface area (TPSA) is 86.7 Å². The minimum Gasteiger partial charge on any atom is -0.382 e. The lowest BCUT2D eigenvalue weighted by Crippen LogP contribution is -2.18. The van der Waals surface area contributed by atoms with Gasteiger partial charge in [0, 0.05) is 17.8 Å². The Bertz CT molecular complexity index is 1120. The summed E-state index contributed by atoms with van der Waals surface area (Å²) in [7, 11) is 0. The third-order valence-corrected chi connectivity index (χ3v) is 4.55. The van der Waals surface area contributed by atoms with Crippen molar-refractivity contribution in [3.05, 3.63) is 63.6 Å². The maximum absolute atomic E-state index is 12.2. The van der Waals surface area contributed by atoms with Crippen LogP contribution in [0.2, 0.25) is 5.02 Å². The molecule has 0 unspecified atom stereocenters. The van der Waals surface area contributed by atoms with Crippen LogP contribution in [0, 0.1) is 0 Å². The molecule has 4 rings (SSSR count). The SMILES string of the molecule is Nc1cnc(-c2cc(Cl)c3ncsc3c2)c(-n2ccccc2=O)n1. The van der Waals surface area contributed by atoms with Crippen LogP contribution < -0.4 is 11.3 Å². The lowest BCUT2D eigenvalue weighted by atomic mass is 10.1. The van der Waals surface area contributed by atoms with E-state index in [-0.39, 0.29) is 11.4 Å². The Morgan fingerprint density at radius 3 is 2.92 bits per heavy atom. The molecular weight excluding hydrogens is 346 g/mol. The Morgan fingerprint density at radius 1 is 1.21 bits per heavy atom. The highest BCUT2D eigenvalue weighted by Gasteiger charge is 2.15. The molecule has 0 amide bonds. The molecule has 4 aromatic rings. The Kier molecular flexibility index (Phi) is 3.51. The summed E-state index contributed by atoms with van der Waals surface area (Å²) >= 11 is 7.80. The highest BCUT2D eigenvalue weighted by Crippen LogP contribution is 2.33. The zero-order chi connectivity index (χ0) is 16.7. The van der Waals surface area contributed by atoms with Gasteiger partial charge in [-0.3, -0.25) is 9.36 Å². The summed E-state index contributed by atoms with van der Waals surface area (Å²) in [5.41, 5.74) is 9.30. The van der Waals surface area contributed by atoms with Crippen LogP contribution in [0.4, 0.5) is 5.82 Å². The van der Waals surface area contributed by atoms with E-state index >= 15 is 0 Å². The number of benzene rings is 1. The molecule has 0 bridgehead atoms. The number of fused-ring (bicyclic) bond motifs is 1. The number of aromatic nitrogens is 4. The molecule has 3 aromatic heterocycles. The number of nitrogen functional groups attached to an aromatic ring is 1. The molecule has 0 aliphatic carbocycles. The van der Waals surface area contributed by atoms with Gasteiger partial charge >= 0.3 is 0 Å². The van der Waals surface area contributed by atoms with Crippen molar-refractivity contribution in [1.29, 1.82) is 0 Å². The van der Waals surface area contributed by atoms with Gasteiger partial charge in [0.05, 0.1) is 26.9 Å². The first-order chi connectivity index (χ1) is 11.6. The molecule has 6 nitrogen and oxygen atoms in total. The second-order valence-corrected chi connectivity index (χ2v) is 6.33. The third-order valence-electron chi connectivity index (χ3n) is 3.49. The molecular formula is C16H10ClN5OS. The fraction of sp³-hybridized carbons (Fsp3) is 0. The Hall–Kier alpha value is -2.77. The molecule has 118 valence electrons. The average Bonchev–Trinajstić information content (AvgIpc) is 3.04. The van der Waals surface area contributed by atoms with E-state index < -0.39 is 0 Å². The van der Waals surface area contributed by atoms with E-state index in [9.17, 15) is 4.79 Å². The summed E-state index contributed by atoms with van der Waals surface area (Å²) in [5.74, 6) is 0.593. The summed E-state index contributed by atoms with van der Waals surface area (Å²) in [4.78, 5) is 25.1. The second-order valence-electron chi connectivity index (χ2n) is 5.03. The van der Waals surface area contributed by atoms with Gasteiger partial charge in [-0.25, -0.2) is 15.0 Å². The minimum absolute atomic E-state index is 0.219. The Labute approximate surface area is 145 Å². The molecule has 0 fully saturated rings.